The minimum absolute atomic E-state index is 0.223. The molecule has 0 aromatic heterocycles. The van der Waals surface area contributed by atoms with Crippen LogP contribution in [0.5, 0.6) is 0 Å². The second-order valence-electron chi connectivity index (χ2n) is 4.83. The number of benzene rings is 2. The molecule has 0 bridgehead atoms. The first-order chi connectivity index (χ1) is 11.8. The van der Waals surface area contributed by atoms with E-state index in [1.54, 1.807) is 6.07 Å². The van der Waals surface area contributed by atoms with Crippen LogP contribution in [0, 0.1) is 11.6 Å². The topological polar surface area (TPSA) is 67.4 Å². The van der Waals surface area contributed by atoms with Crippen LogP contribution in [0.3, 0.4) is 0 Å². The van der Waals surface area contributed by atoms with E-state index in [0.717, 1.165) is 13.2 Å². The summed E-state index contributed by atoms with van der Waals surface area (Å²) in [6.45, 7) is -0.345. The van der Waals surface area contributed by atoms with Crippen molar-refractivity contribution >= 4 is 46.5 Å². The minimum Gasteiger partial charge on any atom is -0.465 e. The van der Waals surface area contributed by atoms with Gasteiger partial charge in [-0.15, -0.1) is 0 Å². The molecule has 0 radical (unpaired) electrons. The lowest BCUT2D eigenvalue weighted by molar-refractivity contribution is -0.114. The van der Waals surface area contributed by atoms with Crippen LogP contribution < -0.4 is 10.6 Å². The van der Waals surface area contributed by atoms with Gasteiger partial charge in [-0.1, -0.05) is 23.2 Å². The molecule has 0 saturated heterocycles. The van der Waals surface area contributed by atoms with Crippen molar-refractivity contribution in [1.82, 2.24) is 0 Å². The van der Waals surface area contributed by atoms with Crippen molar-refractivity contribution in [2.75, 3.05) is 24.3 Å². The Labute approximate surface area is 151 Å². The number of carbonyl (C=O) groups excluding carboxylic acids is 2. The van der Waals surface area contributed by atoms with Gasteiger partial charge in [-0.2, -0.15) is 0 Å². The highest BCUT2D eigenvalue weighted by Gasteiger charge is 2.17. The summed E-state index contributed by atoms with van der Waals surface area (Å²) in [5.41, 5.74) is -0.348. The van der Waals surface area contributed by atoms with Crippen molar-refractivity contribution in [3.63, 3.8) is 0 Å². The standard InChI is InChI=1S/C16H12Cl2F2N2O3/c1-25-16(24)9-5-14(12(20)6-11(9)19)21-7-15(23)22-13-3-2-8(17)4-10(13)18/h2-6,21H,7H2,1H3,(H,22,23). The zero-order valence-corrected chi connectivity index (χ0v) is 14.3. The fourth-order valence-electron chi connectivity index (χ4n) is 1.91. The Hall–Kier alpha value is -2.38. The van der Waals surface area contributed by atoms with Crippen molar-refractivity contribution in [3.05, 3.63) is 57.6 Å². The zero-order chi connectivity index (χ0) is 18.6. The Morgan fingerprint density at radius 3 is 2.44 bits per heavy atom. The van der Waals surface area contributed by atoms with Gasteiger partial charge >= 0.3 is 5.97 Å². The van der Waals surface area contributed by atoms with Gasteiger partial charge in [-0.3, -0.25) is 4.79 Å². The average molecular weight is 389 g/mol. The second kappa shape index (κ2) is 8.13. The van der Waals surface area contributed by atoms with Gasteiger partial charge < -0.3 is 15.4 Å². The van der Waals surface area contributed by atoms with Crippen LogP contribution in [0.2, 0.25) is 10.0 Å². The molecule has 2 aromatic rings. The van der Waals surface area contributed by atoms with Crippen LogP contribution in [0.25, 0.3) is 0 Å². The summed E-state index contributed by atoms with van der Waals surface area (Å²) < 4.78 is 31.7. The van der Waals surface area contributed by atoms with Gasteiger partial charge in [0.15, 0.2) is 0 Å². The highest BCUT2D eigenvalue weighted by atomic mass is 35.5. The molecule has 0 saturated carbocycles. The lowest BCUT2D eigenvalue weighted by Crippen LogP contribution is -2.22. The monoisotopic (exact) mass is 388 g/mol. The molecule has 0 heterocycles. The fraction of sp³-hybridized carbons (Fsp3) is 0.125. The number of methoxy groups -OCH3 is 1. The number of nitrogens with one attached hydrogen (secondary N) is 2. The molecule has 2 rings (SSSR count). The van der Waals surface area contributed by atoms with E-state index in [-0.39, 0.29) is 17.3 Å². The largest absolute Gasteiger partial charge is 0.465 e. The van der Waals surface area contributed by atoms with Crippen LogP contribution in [0.15, 0.2) is 30.3 Å². The second-order valence-corrected chi connectivity index (χ2v) is 5.67. The van der Waals surface area contributed by atoms with Crippen molar-refractivity contribution in [2.24, 2.45) is 0 Å². The molecule has 1 amide bonds. The number of anilines is 2. The normalized spacial score (nSPS) is 10.3. The Bertz CT molecular complexity index is 831. The molecule has 25 heavy (non-hydrogen) atoms. The maximum atomic E-state index is 13.8. The lowest BCUT2D eigenvalue weighted by Gasteiger charge is -2.11. The van der Waals surface area contributed by atoms with Gasteiger partial charge in [0.2, 0.25) is 5.91 Å². The number of hydrogen-bond acceptors (Lipinski definition) is 4. The number of rotatable bonds is 5. The number of ether oxygens (including phenoxy) is 1. The summed E-state index contributed by atoms with van der Waals surface area (Å²) in [6.07, 6.45) is 0. The number of amides is 1. The van der Waals surface area contributed by atoms with E-state index in [9.17, 15) is 18.4 Å². The van der Waals surface area contributed by atoms with Crippen LogP contribution in [-0.4, -0.2) is 25.5 Å². The maximum Gasteiger partial charge on any atom is 0.340 e. The highest BCUT2D eigenvalue weighted by Crippen LogP contribution is 2.25. The van der Waals surface area contributed by atoms with E-state index >= 15 is 0 Å². The van der Waals surface area contributed by atoms with Crippen molar-refractivity contribution < 1.29 is 23.1 Å². The third kappa shape index (κ3) is 4.80. The molecule has 2 aromatic carbocycles. The third-order valence-corrected chi connectivity index (χ3v) is 3.65. The SMILES string of the molecule is COC(=O)c1cc(NCC(=O)Nc2ccc(Cl)cc2Cl)c(F)cc1F. The van der Waals surface area contributed by atoms with E-state index in [1.807, 2.05) is 0 Å². The zero-order valence-electron chi connectivity index (χ0n) is 12.8. The molecule has 2 N–H and O–H groups in total. The van der Waals surface area contributed by atoms with Gasteiger partial charge in [0.25, 0.3) is 0 Å². The summed E-state index contributed by atoms with van der Waals surface area (Å²) in [6, 6.07) is 5.96. The number of esters is 1. The molecule has 132 valence electrons. The molecular formula is C16H12Cl2F2N2O3. The highest BCUT2D eigenvalue weighted by molar-refractivity contribution is 6.36. The van der Waals surface area contributed by atoms with Gasteiger partial charge in [0.05, 0.1) is 35.6 Å². The predicted molar refractivity (Wildman–Crippen MR) is 91.3 cm³/mol. The Balaban J connectivity index is 2.07. The van der Waals surface area contributed by atoms with Crippen molar-refractivity contribution in [2.45, 2.75) is 0 Å². The number of halogens is 4. The molecule has 0 unspecified atom stereocenters. The van der Waals surface area contributed by atoms with E-state index in [1.165, 1.54) is 12.1 Å². The first-order valence-electron chi connectivity index (χ1n) is 6.88. The Morgan fingerprint density at radius 2 is 1.80 bits per heavy atom. The average Bonchev–Trinajstić information content (AvgIpc) is 2.56. The van der Waals surface area contributed by atoms with E-state index in [4.69, 9.17) is 23.2 Å². The Kier molecular flexibility index (Phi) is 6.17. The first kappa shape index (κ1) is 19.0. The summed E-state index contributed by atoms with van der Waals surface area (Å²) in [5.74, 6) is -3.51. The summed E-state index contributed by atoms with van der Waals surface area (Å²) >= 11 is 11.7. The number of carbonyl (C=O) groups is 2. The van der Waals surface area contributed by atoms with Gasteiger partial charge in [-0.05, 0) is 24.3 Å². The van der Waals surface area contributed by atoms with E-state index in [0.29, 0.717) is 16.8 Å². The van der Waals surface area contributed by atoms with Crippen LogP contribution in [-0.2, 0) is 9.53 Å². The summed E-state index contributed by atoms with van der Waals surface area (Å²) in [4.78, 5) is 23.3. The van der Waals surface area contributed by atoms with Crippen molar-refractivity contribution in [3.8, 4) is 0 Å². The minimum atomic E-state index is -1.06. The van der Waals surface area contributed by atoms with Crippen LogP contribution >= 0.6 is 23.2 Å². The molecule has 9 heteroatoms. The predicted octanol–water partition coefficient (Wildman–Crippen LogP) is 4.11. The molecule has 0 aliphatic heterocycles. The molecule has 0 spiro atoms. The van der Waals surface area contributed by atoms with Crippen LogP contribution in [0.4, 0.5) is 20.2 Å². The van der Waals surface area contributed by atoms with Gasteiger partial charge in [0, 0.05) is 11.1 Å². The lowest BCUT2D eigenvalue weighted by atomic mass is 10.1. The summed E-state index contributed by atoms with van der Waals surface area (Å²) in [5, 5.41) is 5.63. The van der Waals surface area contributed by atoms with E-state index in [2.05, 4.69) is 15.4 Å². The molecule has 0 aliphatic carbocycles. The third-order valence-electron chi connectivity index (χ3n) is 3.11. The molecule has 0 aliphatic rings. The molecule has 0 atom stereocenters. The van der Waals surface area contributed by atoms with Gasteiger partial charge in [-0.25, -0.2) is 13.6 Å². The molecule has 0 fully saturated rings. The van der Waals surface area contributed by atoms with Crippen LogP contribution in [0.1, 0.15) is 10.4 Å². The Morgan fingerprint density at radius 1 is 1.08 bits per heavy atom. The van der Waals surface area contributed by atoms with Crippen molar-refractivity contribution in [1.29, 1.82) is 0 Å². The molecular weight excluding hydrogens is 377 g/mol. The molecule has 5 nitrogen and oxygen atoms in total. The first-order valence-corrected chi connectivity index (χ1v) is 7.63. The quantitative estimate of drug-likeness (QED) is 0.756. The fourth-order valence-corrected chi connectivity index (χ4v) is 2.37. The maximum absolute atomic E-state index is 13.8. The smallest absolute Gasteiger partial charge is 0.340 e. The summed E-state index contributed by atoms with van der Waals surface area (Å²) in [7, 11) is 1.07. The van der Waals surface area contributed by atoms with E-state index < -0.39 is 29.1 Å². The van der Waals surface area contributed by atoms with Gasteiger partial charge in [0.1, 0.15) is 11.6 Å². The number of hydrogen-bond donors (Lipinski definition) is 2.